The van der Waals surface area contributed by atoms with E-state index >= 15 is 0 Å². The van der Waals surface area contributed by atoms with Crippen LogP contribution in [0.2, 0.25) is 0 Å². The molecule has 3 heterocycles. The van der Waals surface area contributed by atoms with E-state index in [1.807, 2.05) is 43.9 Å². The Hall–Kier alpha value is -4.67. The van der Waals surface area contributed by atoms with Crippen LogP contribution in [0.1, 0.15) is 67.4 Å². The number of nitrogens with zero attached hydrogens (tertiary/aromatic N) is 4. The van der Waals surface area contributed by atoms with E-state index in [2.05, 4.69) is 22.4 Å². The minimum absolute atomic E-state index is 0.152. The summed E-state index contributed by atoms with van der Waals surface area (Å²) in [7, 11) is 1.31. The summed E-state index contributed by atoms with van der Waals surface area (Å²) < 4.78 is 51.2. The largest absolute Gasteiger partial charge is 0.465 e. The summed E-state index contributed by atoms with van der Waals surface area (Å²) in [5.74, 6) is 0.168. The van der Waals surface area contributed by atoms with Gasteiger partial charge in [0.1, 0.15) is 11.3 Å². The first-order valence-corrected chi connectivity index (χ1v) is 15.2. The first-order chi connectivity index (χ1) is 21.8. The maximum atomic E-state index is 13.0. The second-order valence-electron chi connectivity index (χ2n) is 13.0. The lowest BCUT2D eigenvalue weighted by molar-refractivity contribution is -0.137. The number of ether oxygens (including phenoxy) is 2. The quantitative estimate of drug-likeness (QED) is 0.208. The van der Waals surface area contributed by atoms with Gasteiger partial charge >= 0.3 is 18.2 Å². The van der Waals surface area contributed by atoms with E-state index in [0.717, 1.165) is 42.5 Å². The van der Waals surface area contributed by atoms with Crippen LogP contribution in [0.3, 0.4) is 0 Å². The molecule has 1 saturated carbocycles. The molecule has 2 bridgehead atoms. The molecule has 240 valence electrons. The third-order valence-corrected chi connectivity index (χ3v) is 8.74. The van der Waals surface area contributed by atoms with Crippen molar-refractivity contribution in [2.45, 2.75) is 63.8 Å². The Balaban J connectivity index is 1.24. The lowest BCUT2D eigenvalue weighted by Gasteiger charge is -2.49. The predicted molar refractivity (Wildman–Crippen MR) is 165 cm³/mol. The van der Waals surface area contributed by atoms with Crippen LogP contribution in [0, 0.1) is 5.92 Å². The lowest BCUT2D eigenvalue weighted by atomic mass is 9.69. The fourth-order valence-electron chi connectivity index (χ4n) is 6.49. The number of carbonyl (C=O) groups excluding carboxylic acids is 2. The van der Waals surface area contributed by atoms with Crippen molar-refractivity contribution in [1.29, 1.82) is 0 Å². The Labute approximate surface area is 265 Å². The van der Waals surface area contributed by atoms with Crippen LogP contribution in [0.5, 0.6) is 0 Å². The Bertz CT molecular complexity index is 1740. The Morgan fingerprint density at radius 3 is 2.20 bits per heavy atom. The van der Waals surface area contributed by atoms with E-state index in [1.54, 1.807) is 18.3 Å². The van der Waals surface area contributed by atoms with Crippen LogP contribution in [-0.4, -0.2) is 57.3 Å². The van der Waals surface area contributed by atoms with Gasteiger partial charge in [0, 0.05) is 18.2 Å². The molecule has 3 atom stereocenters. The van der Waals surface area contributed by atoms with Gasteiger partial charge in [0.15, 0.2) is 0 Å². The number of halogens is 3. The zero-order valence-corrected chi connectivity index (χ0v) is 26.0. The summed E-state index contributed by atoms with van der Waals surface area (Å²) in [6.45, 7) is 6.33. The van der Waals surface area contributed by atoms with Gasteiger partial charge < -0.3 is 14.4 Å². The maximum absolute atomic E-state index is 13.0. The Kier molecular flexibility index (Phi) is 8.12. The van der Waals surface area contributed by atoms with Crippen molar-refractivity contribution in [3.8, 4) is 28.1 Å². The number of hydrogen-bond acceptors (Lipinski definition) is 6. The molecule has 8 nitrogen and oxygen atoms in total. The summed E-state index contributed by atoms with van der Waals surface area (Å²) in [5.41, 5.74) is 3.30. The molecule has 0 spiro atoms. The maximum Gasteiger partial charge on any atom is 0.416 e. The lowest BCUT2D eigenvalue weighted by Crippen LogP contribution is -2.54. The molecule has 2 aliphatic heterocycles. The fourth-order valence-corrected chi connectivity index (χ4v) is 6.49. The molecule has 0 radical (unpaired) electrons. The molecule has 1 aliphatic carbocycles. The molecule has 3 aromatic carbocycles. The first-order valence-electron chi connectivity index (χ1n) is 15.2. The van der Waals surface area contributed by atoms with Crippen LogP contribution < -0.4 is 0 Å². The van der Waals surface area contributed by atoms with Gasteiger partial charge in [-0.05, 0) is 98.9 Å². The topological polar surface area (TPSA) is 86.5 Å². The predicted octanol–water partition coefficient (Wildman–Crippen LogP) is 7.91. The van der Waals surface area contributed by atoms with E-state index in [4.69, 9.17) is 9.47 Å². The Morgan fingerprint density at radius 1 is 0.891 bits per heavy atom. The minimum atomic E-state index is -4.43. The zero-order chi connectivity index (χ0) is 32.8. The van der Waals surface area contributed by atoms with Gasteiger partial charge in [-0.3, -0.25) is 0 Å². The Morgan fingerprint density at radius 2 is 1.59 bits per heavy atom. The average Bonchev–Trinajstić information content (AvgIpc) is 3.54. The third-order valence-electron chi connectivity index (χ3n) is 8.74. The standard InChI is InChI=1S/C35H35F3N4O4/c1-34(2,3)46-33(44)41-19-24-11-14-28(41)18-30(24)22-7-5-21(6-8-22)25-15-26(32(43)45-4)17-29(16-25)42-20-31(39-40-42)23-9-12-27(13-10-23)35(36,37)38/h5-10,12-13,15-17,20,24,28,30H,11,14,18-19H2,1-4H3. The summed E-state index contributed by atoms with van der Waals surface area (Å²) in [6, 6.07) is 18.4. The number of piperidine rings is 2. The number of amides is 1. The SMILES string of the molecule is COC(=O)c1cc(-c2ccc(C3CC4CCC3CN4C(=O)OC(C)(C)C)cc2)cc(-n2cc(-c3ccc(C(F)(F)F)cc3)nn2)c1. The van der Waals surface area contributed by atoms with Crippen molar-refractivity contribution in [2.24, 2.45) is 5.92 Å². The van der Waals surface area contributed by atoms with Crippen LogP contribution in [0.4, 0.5) is 18.0 Å². The molecule has 7 rings (SSSR count). The highest BCUT2D eigenvalue weighted by molar-refractivity contribution is 5.92. The highest BCUT2D eigenvalue weighted by Gasteiger charge is 2.44. The number of carbonyl (C=O) groups is 2. The second-order valence-corrected chi connectivity index (χ2v) is 13.0. The summed E-state index contributed by atoms with van der Waals surface area (Å²) >= 11 is 0. The van der Waals surface area contributed by atoms with Crippen LogP contribution in [-0.2, 0) is 15.7 Å². The first kappa shape index (κ1) is 31.3. The molecular weight excluding hydrogens is 597 g/mol. The molecular formula is C35H35F3N4O4. The van der Waals surface area contributed by atoms with Crippen LogP contribution in [0.15, 0.2) is 72.9 Å². The van der Waals surface area contributed by atoms with Gasteiger partial charge in [0.25, 0.3) is 0 Å². The monoisotopic (exact) mass is 632 g/mol. The number of rotatable bonds is 5. The molecule has 0 N–H and O–H groups in total. The highest BCUT2D eigenvalue weighted by Crippen LogP contribution is 2.45. The van der Waals surface area contributed by atoms with Gasteiger partial charge in [0.2, 0.25) is 0 Å². The zero-order valence-electron chi connectivity index (χ0n) is 26.0. The molecule has 3 fully saturated rings. The second kappa shape index (κ2) is 11.9. The molecule has 1 aromatic heterocycles. The number of hydrogen-bond donors (Lipinski definition) is 0. The molecule has 1 amide bonds. The van der Waals surface area contributed by atoms with Crippen LogP contribution in [0.25, 0.3) is 28.1 Å². The molecule has 2 saturated heterocycles. The summed E-state index contributed by atoms with van der Waals surface area (Å²) in [5, 5.41) is 8.34. The van der Waals surface area contributed by atoms with Gasteiger partial charge in [-0.25, -0.2) is 14.3 Å². The summed E-state index contributed by atoms with van der Waals surface area (Å²) in [6.07, 6.45) is -0.143. The minimum Gasteiger partial charge on any atom is -0.465 e. The number of alkyl halides is 3. The van der Waals surface area contributed by atoms with Gasteiger partial charge in [-0.1, -0.05) is 41.6 Å². The molecule has 46 heavy (non-hydrogen) atoms. The highest BCUT2D eigenvalue weighted by atomic mass is 19.4. The molecule has 3 aliphatic rings. The van der Waals surface area contributed by atoms with E-state index in [-0.39, 0.29) is 12.1 Å². The number of methoxy groups -OCH3 is 1. The van der Waals surface area contributed by atoms with Crippen molar-refractivity contribution in [3.05, 3.63) is 89.6 Å². The van der Waals surface area contributed by atoms with E-state index < -0.39 is 23.3 Å². The van der Waals surface area contributed by atoms with Gasteiger partial charge in [0.05, 0.1) is 30.1 Å². The van der Waals surface area contributed by atoms with Crippen molar-refractivity contribution in [2.75, 3.05) is 13.7 Å². The van der Waals surface area contributed by atoms with Crippen molar-refractivity contribution < 1.29 is 32.2 Å². The molecule has 4 aromatic rings. The smallest absolute Gasteiger partial charge is 0.416 e. The number of aromatic nitrogens is 3. The van der Waals surface area contributed by atoms with Crippen molar-refractivity contribution in [3.63, 3.8) is 0 Å². The van der Waals surface area contributed by atoms with Gasteiger partial charge in [-0.2, -0.15) is 13.2 Å². The third kappa shape index (κ3) is 6.49. The van der Waals surface area contributed by atoms with Gasteiger partial charge in [-0.15, -0.1) is 5.10 Å². The number of benzene rings is 3. The van der Waals surface area contributed by atoms with Crippen LogP contribution >= 0.6 is 0 Å². The van der Waals surface area contributed by atoms with E-state index in [0.29, 0.717) is 40.9 Å². The fraction of sp³-hybridized carbons (Fsp3) is 0.371. The van der Waals surface area contributed by atoms with Crippen molar-refractivity contribution >= 4 is 12.1 Å². The normalized spacial score (nSPS) is 19.6. The number of fused-ring (bicyclic) bond motifs is 3. The van der Waals surface area contributed by atoms with E-state index in [9.17, 15) is 22.8 Å². The van der Waals surface area contributed by atoms with Crippen molar-refractivity contribution in [1.82, 2.24) is 19.9 Å². The summed E-state index contributed by atoms with van der Waals surface area (Å²) in [4.78, 5) is 27.3. The average molecular weight is 633 g/mol. The number of esters is 1. The van der Waals surface area contributed by atoms with E-state index in [1.165, 1.54) is 29.5 Å². The molecule has 3 unspecified atom stereocenters. The molecule has 11 heteroatoms.